The molecule has 0 aromatic heterocycles. The Morgan fingerprint density at radius 3 is 2.69 bits per heavy atom. The number of likely N-dealkylation sites (tertiary alicyclic amines) is 1. The van der Waals surface area contributed by atoms with Gasteiger partial charge in [0.15, 0.2) is 5.17 Å². The van der Waals surface area contributed by atoms with Crippen LogP contribution in [-0.4, -0.2) is 67.8 Å². The first-order valence-corrected chi connectivity index (χ1v) is 14.8. The van der Waals surface area contributed by atoms with E-state index in [1.807, 2.05) is 24.5 Å². The first kappa shape index (κ1) is 27.0. The van der Waals surface area contributed by atoms with Gasteiger partial charge in [-0.25, -0.2) is 9.79 Å². The molecule has 196 valence electrons. The largest absolute Gasteiger partial charge is 0.462 e. The van der Waals surface area contributed by atoms with Gasteiger partial charge in [-0.1, -0.05) is 54.6 Å². The predicted octanol–water partition coefficient (Wildman–Crippen LogP) is 5.11. The first-order valence-electron chi connectivity index (χ1n) is 13.6. The molecule has 0 spiro atoms. The van der Waals surface area contributed by atoms with Crippen LogP contribution in [-0.2, 0) is 20.7 Å². The highest BCUT2D eigenvalue weighted by Gasteiger charge is 2.33. The number of amidine groups is 1. The molecular weight excluding hydrogens is 470 g/mol. The summed E-state index contributed by atoms with van der Waals surface area (Å²) in [5.74, 6) is -0.273. The van der Waals surface area contributed by atoms with Crippen LogP contribution < -0.4 is 5.32 Å². The average Bonchev–Trinajstić information content (AvgIpc) is 2.94. The molecule has 6 nitrogen and oxygen atoms in total. The molecule has 7 heteroatoms. The van der Waals surface area contributed by atoms with Crippen LogP contribution in [0.4, 0.5) is 0 Å². The van der Waals surface area contributed by atoms with Gasteiger partial charge in [0.1, 0.15) is 6.04 Å². The third-order valence-corrected chi connectivity index (χ3v) is 7.72. The zero-order valence-electron chi connectivity index (χ0n) is 21.7. The smallest absolute Gasteiger partial charge is 0.338 e. The number of carbonyl (C=O) groups excluding carboxylic acids is 1. The minimum Gasteiger partial charge on any atom is -0.462 e. The van der Waals surface area contributed by atoms with Crippen LogP contribution in [0.5, 0.6) is 0 Å². The van der Waals surface area contributed by atoms with E-state index in [1.165, 1.54) is 36.8 Å². The van der Waals surface area contributed by atoms with Gasteiger partial charge in [0, 0.05) is 6.54 Å². The second-order valence-corrected chi connectivity index (χ2v) is 10.6. The van der Waals surface area contributed by atoms with Gasteiger partial charge in [-0.2, -0.15) is 0 Å². The van der Waals surface area contributed by atoms with Gasteiger partial charge in [-0.05, 0) is 81.8 Å². The van der Waals surface area contributed by atoms with Crippen LogP contribution in [0.3, 0.4) is 0 Å². The van der Waals surface area contributed by atoms with Gasteiger partial charge in [0.05, 0.1) is 31.1 Å². The zero-order valence-corrected chi connectivity index (χ0v) is 22.5. The van der Waals surface area contributed by atoms with Gasteiger partial charge in [-0.3, -0.25) is 0 Å². The van der Waals surface area contributed by atoms with Crippen molar-refractivity contribution in [3.63, 3.8) is 0 Å². The summed E-state index contributed by atoms with van der Waals surface area (Å²) >= 11 is 1.57. The lowest BCUT2D eigenvalue weighted by Gasteiger charge is -2.30. The molecule has 1 atom stereocenters. The summed E-state index contributed by atoms with van der Waals surface area (Å²) in [7, 11) is 0. The minimum absolute atomic E-state index is 0.273. The zero-order chi connectivity index (χ0) is 25.0. The van der Waals surface area contributed by atoms with Crippen LogP contribution in [0.25, 0.3) is 0 Å². The molecule has 1 N–H and O–H groups in total. The summed E-state index contributed by atoms with van der Waals surface area (Å²) in [6.45, 7) is 4.67. The fraction of sp³-hybridized carbons (Fsp3) is 0.586. The summed E-state index contributed by atoms with van der Waals surface area (Å²) in [5.41, 5.74) is 3.92. The van der Waals surface area contributed by atoms with E-state index in [4.69, 9.17) is 14.5 Å². The number of hydrogen-bond donors (Lipinski definition) is 1. The standard InChI is InChI=1S/C29H41N3O3S/c1-36-29-30-25(22-34-21-19-32-17-9-4-10-18-32)26(27(31-29)24-15-7-3-8-16-24)28(33)35-20-11-14-23-12-5-2-6-13-23/h2,5-6,12-13,15,27H,3-4,7-11,14,16-22H2,1H3,(H,30,31). The predicted molar refractivity (Wildman–Crippen MR) is 148 cm³/mol. The fourth-order valence-corrected chi connectivity index (χ4v) is 5.56. The van der Waals surface area contributed by atoms with Crippen LogP contribution in [0.1, 0.15) is 56.9 Å². The number of hydrogen-bond acceptors (Lipinski definition) is 7. The highest BCUT2D eigenvalue weighted by atomic mass is 32.2. The molecule has 0 amide bonds. The third-order valence-electron chi connectivity index (χ3n) is 7.13. The van der Waals surface area contributed by atoms with Crippen molar-refractivity contribution in [3.05, 3.63) is 58.8 Å². The van der Waals surface area contributed by atoms with E-state index >= 15 is 0 Å². The Kier molecular flexibility index (Phi) is 10.9. The molecule has 1 aromatic rings. The molecule has 1 aliphatic carbocycles. The highest BCUT2D eigenvalue weighted by Crippen LogP contribution is 2.31. The lowest BCUT2D eigenvalue weighted by molar-refractivity contribution is -0.139. The van der Waals surface area contributed by atoms with E-state index in [0.717, 1.165) is 62.6 Å². The summed E-state index contributed by atoms with van der Waals surface area (Å²) in [6, 6.07) is 10.0. The first-order chi connectivity index (χ1) is 17.7. The lowest BCUT2D eigenvalue weighted by Crippen LogP contribution is -2.38. The van der Waals surface area contributed by atoms with E-state index < -0.39 is 0 Å². The van der Waals surface area contributed by atoms with E-state index in [0.29, 0.717) is 25.4 Å². The Hall–Kier alpha value is -2.09. The minimum atomic E-state index is -0.281. The number of esters is 1. The third kappa shape index (κ3) is 7.95. The molecular formula is C29H41N3O3S. The van der Waals surface area contributed by atoms with Crippen molar-refractivity contribution in [1.29, 1.82) is 0 Å². The molecule has 0 radical (unpaired) electrons. The van der Waals surface area contributed by atoms with Crippen LogP contribution in [0, 0.1) is 0 Å². The van der Waals surface area contributed by atoms with Crippen molar-refractivity contribution in [2.45, 2.75) is 63.8 Å². The van der Waals surface area contributed by atoms with Crippen LogP contribution >= 0.6 is 11.8 Å². The maximum absolute atomic E-state index is 13.5. The highest BCUT2D eigenvalue weighted by molar-refractivity contribution is 8.13. The quantitative estimate of drug-likeness (QED) is 0.253. The number of nitrogens with zero attached hydrogens (tertiary/aromatic N) is 2. The fourth-order valence-electron chi connectivity index (χ4n) is 5.12. The number of allylic oxidation sites excluding steroid dienone is 1. The normalized spacial score (nSPS) is 21.0. The van der Waals surface area contributed by atoms with Crippen molar-refractivity contribution in [2.24, 2.45) is 4.99 Å². The summed E-state index contributed by atoms with van der Waals surface area (Å²) in [4.78, 5) is 20.9. The van der Waals surface area contributed by atoms with Gasteiger partial charge >= 0.3 is 5.97 Å². The second kappa shape index (κ2) is 14.6. The molecule has 1 saturated heterocycles. The molecule has 1 aromatic carbocycles. The Morgan fingerprint density at radius 1 is 1.11 bits per heavy atom. The van der Waals surface area contributed by atoms with Gasteiger partial charge < -0.3 is 19.7 Å². The number of ether oxygens (including phenoxy) is 2. The molecule has 3 aliphatic rings. The van der Waals surface area contributed by atoms with Crippen LogP contribution in [0.15, 0.2) is 58.2 Å². The molecule has 0 bridgehead atoms. The number of aliphatic imine (C=N–C) groups is 1. The van der Waals surface area contributed by atoms with Gasteiger partial charge in [0.25, 0.3) is 0 Å². The SMILES string of the molecule is CSC1=NC(C2=CCCCC2)C(C(=O)OCCCc2ccccc2)=C(COCCN2CCCCC2)N1. The van der Waals surface area contributed by atoms with Crippen molar-refractivity contribution in [2.75, 3.05) is 45.7 Å². The van der Waals surface area contributed by atoms with Crippen molar-refractivity contribution in [1.82, 2.24) is 10.2 Å². The van der Waals surface area contributed by atoms with Crippen LogP contribution in [0.2, 0.25) is 0 Å². The monoisotopic (exact) mass is 511 g/mol. The number of carbonyl (C=O) groups is 1. The topological polar surface area (TPSA) is 63.2 Å². The number of nitrogens with one attached hydrogen (secondary N) is 1. The number of piperidine rings is 1. The maximum atomic E-state index is 13.5. The molecule has 2 aliphatic heterocycles. The number of benzene rings is 1. The number of aryl methyl sites for hydroxylation is 1. The van der Waals surface area contributed by atoms with E-state index in [2.05, 4.69) is 28.4 Å². The van der Waals surface area contributed by atoms with Gasteiger partial charge in [-0.15, -0.1) is 0 Å². The Bertz CT molecular complexity index is 938. The van der Waals surface area contributed by atoms with Crippen molar-refractivity contribution >= 4 is 22.9 Å². The Morgan fingerprint density at radius 2 is 1.94 bits per heavy atom. The lowest BCUT2D eigenvalue weighted by atomic mass is 9.88. The number of thioether (sulfide) groups is 1. The number of rotatable bonds is 11. The average molecular weight is 512 g/mol. The molecule has 1 fully saturated rings. The van der Waals surface area contributed by atoms with Crippen molar-refractivity contribution in [3.8, 4) is 0 Å². The molecule has 4 rings (SSSR count). The van der Waals surface area contributed by atoms with Gasteiger partial charge in [0.2, 0.25) is 0 Å². The van der Waals surface area contributed by atoms with E-state index in [9.17, 15) is 4.79 Å². The summed E-state index contributed by atoms with van der Waals surface area (Å²) in [6.07, 6.45) is 14.2. The second-order valence-electron chi connectivity index (χ2n) is 9.76. The van der Waals surface area contributed by atoms with E-state index in [-0.39, 0.29) is 12.0 Å². The molecule has 0 saturated carbocycles. The molecule has 2 heterocycles. The summed E-state index contributed by atoms with van der Waals surface area (Å²) in [5, 5.41) is 4.22. The van der Waals surface area contributed by atoms with Crippen molar-refractivity contribution < 1.29 is 14.3 Å². The summed E-state index contributed by atoms with van der Waals surface area (Å²) < 4.78 is 11.9. The Labute approximate surface area is 220 Å². The molecule has 36 heavy (non-hydrogen) atoms. The van der Waals surface area contributed by atoms with E-state index in [1.54, 1.807) is 11.8 Å². The molecule has 1 unspecified atom stereocenters. The Balaban J connectivity index is 1.42. The maximum Gasteiger partial charge on any atom is 0.338 e.